The van der Waals surface area contributed by atoms with Crippen LogP contribution in [0.3, 0.4) is 0 Å². The number of hydrogen-bond donors (Lipinski definition) is 0. The number of carbonyl (C=O) groups is 1. The molecule has 2 heterocycles. The van der Waals surface area contributed by atoms with Crippen molar-refractivity contribution >= 4 is 54.6 Å². The van der Waals surface area contributed by atoms with Crippen LogP contribution >= 0.6 is 38.6 Å². The molecule has 0 fully saturated rings. The highest BCUT2D eigenvalue weighted by atomic mass is 79.9. The molecular formula is C15H12BrNOS2. The Morgan fingerprint density at radius 3 is 2.80 bits per heavy atom. The fraction of sp³-hybridized carbons (Fsp3) is 0.133. The molecule has 0 radical (unpaired) electrons. The van der Waals surface area contributed by atoms with E-state index in [9.17, 15) is 4.79 Å². The van der Waals surface area contributed by atoms with Gasteiger partial charge in [-0.2, -0.15) is 0 Å². The van der Waals surface area contributed by atoms with E-state index >= 15 is 0 Å². The van der Waals surface area contributed by atoms with Crippen molar-refractivity contribution in [3.8, 4) is 0 Å². The van der Waals surface area contributed by atoms with Gasteiger partial charge in [0.2, 0.25) is 0 Å². The van der Waals surface area contributed by atoms with Gasteiger partial charge in [0.25, 0.3) is 5.91 Å². The van der Waals surface area contributed by atoms with Crippen LogP contribution < -0.4 is 0 Å². The first-order valence-corrected chi connectivity index (χ1v) is 8.59. The van der Waals surface area contributed by atoms with Crippen LogP contribution in [-0.2, 0) is 6.54 Å². The number of benzene rings is 1. The first-order chi connectivity index (χ1) is 9.63. The quantitative estimate of drug-likeness (QED) is 0.639. The van der Waals surface area contributed by atoms with Gasteiger partial charge in [-0.05, 0) is 50.5 Å². The lowest BCUT2D eigenvalue weighted by Gasteiger charge is -2.15. The minimum absolute atomic E-state index is 0.0773. The number of amides is 1. The second-order valence-corrected chi connectivity index (χ2v) is 7.94. The summed E-state index contributed by atoms with van der Waals surface area (Å²) in [6, 6.07) is 12.1. The summed E-state index contributed by atoms with van der Waals surface area (Å²) in [6.45, 7) is 0.634. The van der Waals surface area contributed by atoms with Gasteiger partial charge in [0.15, 0.2) is 0 Å². The number of thiophene rings is 2. The molecule has 0 atom stereocenters. The molecule has 20 heavy (non-hydrogen) atoms. The van der Waals surface area contributed by atoms with E-state index in [4.69, 9.17) is 0 Å². The first kappa shape index (κ1) is 13.8. The second-order valence-electron chi connectivity index (χ2n) is 4.57. The smallest absolute Gasteiger partial charge is 0.264 e. The molecule has 2 nitrogen and oxygen atoms in total. The molecular weight excluding hydrogens is 354 g/mol. The van der Waals surface area contributed by atoms with Crippen molar-refractivity contribution in [3.63, 3.8) is 0 Å². The summed E-state index contributed by atoms with van der Waals surface area (Å²) >= 11 is 6.64. The molecule has 1 amide bonds. The lowest BCUT2D eigenvalue weighted by atomic mass is 10.2. The van der Waals surface area contributed by atoms with Crippen molar-refractivity contribution in [2.75, 3.05) is 7.05 Å². The van der Waals surface area contributed by atoms with Gasteiger partial charge in [-0.25, -0.2) is 0 Å². The Morgan fingerprint density at radius 1 is 1.30 bits per heavy atom. The number of rotatable bonds is 3. The van der Waals surface area contributed by atoms with Gasteiger partial charge in [-0.15, -0.1) is 22.7 Å². The lowest BCUT2D eigenvalue weighted by Crippen LogP contribution is -2.25. The monoisotopic (exact) mass is 365 g/mol. The van der Waals surface area contributed by atoms with Gasteiger partial charge < -0.3 is 4.90 Å². The highest BCUT2D eigenvalue weighted by Crippen LogP contribution is 2.27. The maximum absolute atomic E-state index is 12.5. The standard InChI is InChI=1S/C15H12BrNOS2/c1-17(8-10-6-14(16)19-9-10)15(18)13-7-11-4-2-3-5-12(11)20-13/h2-7,9H,8H2,1H3. The number of nitrogens with zero attached hydrogens (tertiary/aromatic N) is 1. The molecule has 0 saturated heterocycles. The predicted molar refractivity (Wildman–Crippen MR) is 89.6 cm³/mol. The average molecular weight is 366 g/mol. The third-order valence-electron chi connectivity index (χ3n) is 3.02. The van der Waals surface area contributed by atoms with Crippen LogP contribution in [0.1, 0.15) is 15.2 Å². The summed E-state index contributed by atoms with van der Waals surface area (Å²) < 4.78 is 2.25. The molecule has 0 aliphatic carbocycles. The predicted octanol–water partition coefficient (Wildman–Crippen LogP) is 5.00. The summed E-state index contributed by atoms with van der Waals surface area (Å²) in [5, 5.41) is 3.20. The average Bonchev–Trinajstić information content (AvgIpc) is 3.03. The highest BCUT2D eigenvalue weighted by molar-refractivity contribution is 9.11. The Kier molecular flexibility index (Phi) is 3.92. The Hall–Kier alpha value is -1.17. The van der Waals surface area contributed by atoms with Crippen LogP contribution in [-0.4, -0.2) is 17.9 Å². The summed E-state index contributed by atoms with van der Waals surface area (Å²) in [6.07, 6.45) is 0. The van der Waals surface area contributed by atoms with E-state index in [0.29, 0.717) is 6.54 Å². The topological polar surface area (TPSA) is 20.3 Å². The number of halogens is 1. The van der Waals surface area contributed by atoms with E-state index in [1.807, 2.05) is 37.4 Å². The van der Waals surface area contributed by atoms with Crippen molar-refractivity contribution in [2.24, 2.45) is 0 Å². The lowest BCUT2D eigenvalue weighted by molar-refractivity contribution is 0.0790. The molecule has 3 rings (SSSR count). The maximum Gasteiger partial charge on any atom is 0.264 e. The van der Waals surface area contributed by atoms with E-state index < -0.39 is 0 Å². The number of hydrogen-bond acceptors (Lipinski definition) is 3. The SMILES string of the molecule is CN(Cc1csc(Br)c1)C(=O)c1cc2ccccc2s1. The molecule has 102 valence electrons. The molecule has 1 aromatic carbocycles. The normalized spacial score (nSPS) is 10.9. The zero-order valence-electron chi connectivity index (χ0n) is 10.8. The first-order valence-electron chi connectivity index (χ1n) is 6.10. The van der Waals surface area contributed by atoms with Crippen LogP contribution in [0.4, 0.5) is 0 Å². The molecule has 0 saturated carbocycles. The summed E-state index contributed by atoms with van der Waals surface area (Å²) in [5.41, 5.74) is 1.15. The van der Waals surface area contributed by atoms with Crippen molar-refractivity contribution in [3.05, 3.63) is 56.0 Å². The molecule has 0 aliphatic heterocycles. The van der Waals surface area contributed by atoms with Crippen molar-refractivity contribution < 1.29 is 4.79 Å². The Labute approximate surface area is 133 Å². The Morgan fingerprint density at radius 2 is 2.10 bits per heavy atom. The van der Waals surface area contributed by atoms with Gasteiger partial charge >= 0.3 is 0 Å². The van der Waals surface area contributed by atoms with Crippen molar-refractivity contribution in [2.45, 2.75) is 6.54 Å². The molecule has 2 aromatic heterocycles. The molecule has 0 N–H and O–H groups in total. The zero-order chi connectivity index (χ0) is 14.1. The fourth-order valence-electron chi connectivity index (χ4n) is 2.05. The molecule has 3 aromatic rings. The Bertz CT molecular complexity index is 729. The van der Waals surface area contributed by atoms with E-state index in [-0.39, 0.29) is 5.91 Å². The summed E-state index contributed by atoms with van der Waals surface area (Å²) in [7, 11) is 1.85. The van der Waals surface area contributed by atoms with Gasteiger partial charge in [-0.1, -0.05) is 18.2 Å². The van der Waals surface area contributed by atoms with Crippen LogP contribution in [0.15, 0.2) is 45.6 Å². The van der Waals surface area contributed by atoms with E-state index in [1.54, 1.807) is 27.6 Å². The molecule has 5 heteroatoms. The number of carbonyl (C=O) groups excluding carboxylic acids is 1. The Balaban J connectivity index is 1.80. The van der Waals surface area contributed by atoms with Gasteiger partial charge in [0, 0.05) is 18.3 Å². The number of fused-ring (bicyclic) bond motifs is 1. The minimum atomic E-state index is 0.0773. The van der Waals surface area contributed by atoms with Gasteiger partial charge in [-0.3, -0.25) is 4.79 Å². The molecule has 0 aliphatic rings. The van der Waals surface area contributed by atoms with E-state index in [1.165, 1.54) is 0 Å². The van der Waals surface area contributed by atoms with Gasteiger partial charge in [0.05, 0.1) is 8.66 Å². The van der Waals surface area contributed by atoms with Crippen LogP contribution in [0.25, 0.3) is 10.1 Å². The molecule has 0 unspecified atom stereocenters. The maximum atomic E-state index is 12.5. The van der Waals surface area contributed by atoms with Crippen molar-refractivity contribution in [1.82, 2.24) is 4.90 Å². The fourth-order valence-corrected chi connectivity index (χ4v) is 4.31. The third kappa shape index (κ3) is 2.80. The zero-order valence-corrected chi connectivity index (χ0v) is 14.0. The van der Waals surface area contributed by atoms with Crippen molar-refractivity contribution in [1.29, 1.82) is 0 Å². The van der Waals surface area contributed by atoms with E-state index in [2.05, 4.69) is 27.4 Å². The van der Waals surface area contributed by atoms with Crippen LogP contribution in [0.5, 0.6) is 0 Å². The largest absolute Gasteiger partial charge is 0.337 e. The second kappa shape index (κ2) is 5.68. The summed E-state index contributed by atoms with van der Waals surface area (Å²) in [5.74, 6) is 0.0773. The van der Waals surface area contributed by atoms with Crippen LogP contribution in [0.2, 0.25) is 0 Å². The van der Waals surface area contributed by atoms with Gasteiger partial charge in [0.1, 0.15) is 0 Å². The molecule has 0 spiro atoms. The van der Waals surface area contributed by atoms with E-state index in [0.717, 1.165) is 24.3 Å². The summed E-state index contributed by atoms with van der Waals surface area (Å²) in [4.78, 5) is 15.0. The molecule has 0 bridgehead atoms. The van der Waals surface area contributed by atoms with Crippen LogP contribution in [0, 0.1) is 0 Å². The minimum Gasteiger partial charge on any atom is -0.337 e. The highest BCUT2D eigenvalue weighted by Gasteiger charge is 2.15. The third-order valence-corrected chi connectivity index (χ3v) is 5.68.